The molecule has 1 rings (SSSR count). The van der Waals surface area contributed by atoms with Crippen LogP contribution in [0.3, 0.4) is 0 Å². The zero-order chi connectivity index (χ0) is 9.84. The molecule has 0 unspecified atom stereocenters. The summed E-state index contributed by atoms with van der Waals surface area (Å²) in [5, 5.41) is 4.20. The Morgan fingerprint density at radius 2 is 2.31 bits per heavy atom. The monoisotopic (exact) mass is 218 g/mol. The van der Waals surface area contributed by atoms with Crippen LogP contribution in [0.4, 0.5) is 5.69 Å². The van der Waals surface area contributed by atoms with Gasteiger partial charge in [0.1, 0.15) is 10.8 Å². The normalized spacial score (nSPS) is 9.62. The van der Waals surface area contributed by atoms with Gasteiger partial charge < -0.3 is 11.1 Å². The van der Waals surface area contributed by atoms with Crippen molar-refractivity contribution in [3.8, 4) is 0 Å². The molecule has 0 saturated carbocycles. The van der Waals surface area contributed by atoms with Crippen molar-refractivity contribution in [3.05, 3.63) is 15.8 Å². The number of nitrogens with one attached hydrogen (secondary N) is 1. The van der Waals surface area contributed by atoms with Gasteiger partial charge in [0.15, 0.2) is 0 Å². The smallest absolute Gasteiger partial charge is 0.233 e. The van der Waals surface area contributed by atoms with Gasteiger partial charge in [-0.3, -0.25) is 9.59 Å². The van der Waals surface area contributed by atoms with E-state index in [4.69, 9.17) is 17.3 Å². The summed E-state index contributed by atoms with van der Waals surface area (Å²) >= 11 is 7.01. The zero-order valence-electron chi connectivity index (χ0n) is 6.54. The number of hydrogen-bond donors (Lipinski definition) is 2. The SMILES string of the molecule is NC(=O)CC(=O)Nc1ccsc1Cl. The van der Waals surface area contributed by atoms with E-state index in [0.717, 1.165) is 0 Å². The molecule has 1 heterocycles. The first-order chi connectivity index (χ1) is 6.09. The van der Waals surface area contributed by atoms with Crippen molar-refractivity contribution < 1.29 is 9.59 Å². The predicted octanol–water partition coefficient (Wildman–Crippen LogP) is 1.22. The van der Waals surface area contributed by atoms with Crippen molar-refractivity contribution in [1.82, 2.24) is 0 Å². The molecule has 3 N–H and O–H groups in total. The first-order valence-corrected chi connectivity index (χ1v) is 4.66. The van der Waals surface area contributed by atoms with Crippen LogP contribution in [0.5, 0.6) is 0 Å². The highest BCUT2D eigenvalue weighted by molar-refractivity contribution is 7.15. The lowest BCUT2D eigenvalue weighted by atomic mass is 10.4. The van der Waals surface area contributed by atoms with Gasteiger partial charge in [-0.2, -0.15) is 0 Å². The van der Waals surface area contributed by atoms with E-state index in [9.17, 15) is 9.59 Å². The Kier molecular flexibility index (Phi) is 3.27. The maximum absolute atomic E-state index is 11.0. The van der Waals surface area contributed by atoms with E-state index in [1.165, 1.54) is 11.3 Å². The van der Waals surface area contributed by atoms with Gasteiger partial charge in [-0.15, -0.1) is 11.3 Å². The van der Waals surface area contributed by atoms with Crippen LogP contribution in [0, 0.1) is 0 Å². The highest BCUT2D eigenvalue weighted by Gasteiger charge is 2.08. The molecule has 4 nitrogen and oxygen atoms in total. The summed E-state index contributed by atoms with van der Waals surface area (Å²) in [6.45, 7) is 0. The molecule has 0 bridgehead atoms. The van der Waals surface area contributed by atoms with E-state index >= 15 is 0 Å². The molecule has 70 valence electrons. The van der Waals surface area contributed by atoms with E-state index in [1.54, 1.807) is 11.4 Å². The number of carbonyl (C=O) groups is 2. The van der Waals surface area contributed by atoms with Crippen LogP contribution in [0.15, 0.2) is 11.4 Å². The molecule has 0 radical (unpaired) electrons. The lowest BCUT2D eigenvalue weighted by Gasteiger charge is -2.00. The Hall–Kier alpha value is -1.07. The van der Waals surface area contributed by atoms with Crippen molar-refractivity contribution >= 4 is 40.4 Å². The molecule has 1 aromatic rings. The number of primary amides is 1. The fourth-order valence-electron chi connectivity index (χ4n) is 0.734. The van der Waals surface area contributed by atoms with Crippen molar-refractivity contribution in [1.29, 1.82) is 0 Å². The summed E-state index contributed by atoms with van der Waals surface area (Å²) in [6, 6.07) is 1.66. The van der Waals surface area contributed by atoms with Crippen molar-refractivity contribution in [3.63, 3.8) is 0 Å². The zero-order valence-corrected chi connectivity index (χ0v) is 8.11. The van der Waals surface area contributed by atoms with Gasteiger partial charge in [0.25, 0.3) is 0 Å². The number of anilines is 1. The number of carbonyl (C=O) groups excluding carboxylic acids is 2. The second-order valence-corrected chi connectivity index (χ2v) is 3.82. The fraction of sp³-hybridized carbons (Fsp3) is 0.143. The minimum absolute atomic E-state index is 0.327. The molecular formula is C7H7ClN2O2S. The van der Waals surface area contributed by atoms with Crippen LogP contribution in [-0.2, 0) is 9.59 Å². The summed E-state index contributed by atoms with van der Waals surface area (Å²) < 4.78 is 0.484. The van der Waals surface area contributed by atoms with Crippen LogP contribution < -0.4 is 11.1 Å². The lowest BCUT2D eigenvalue weighted by molar-refractivity contribution is -0.124. The Bertz CT molecular complexity index is 337. The molecule has 2 amide bonds. The Morgan fingerprint density at radius 3 is 2.77 bits per heavy atom. The maximum atomic E-state index is 11.0. The first kappa shape index (κ1) is 10.0. The van der Waals surface area contributed by atoms with Crippen LogP contribution in [0.1, 0.15) is 6.42 Å². The van der Waals surface area contributed by atoms with Gasteiger partial charge in [-0.25, -0.2) is 0 Å². The molecule has 0 atom stereocenters. The molecule has 0 aromatic carbocycles. The highest BCUT2D eigenvalue weighted by Crippen LogP contribution is 2.27. The number of nitrogens with two attached hydrogens (primary N) is 1. The van der Waals surface area contributed by atoms with Crippen LogP contribution in [0.25, 0.3) is 0 Å². The molecule has 0 aliphatic carbocycles. The van der Waals surface area contributed by atoms with E-state index in [0.29, 0.717) is 10.0 Å². The Balaban J connectivity index is 2.55. The van der Waals surface area contributed by atoms with Crippen molar-refractivity contribution in [2.45, 2.75) is 6.42 Å². The Labute approximate surface area is 83.7 Å². The second-order valence-electron chi connectivity index (χ2n) is 2.30. The third-order valence-corrected chi connectivity index (χ3v) is 2.40. The van der Waals surface area contributed by atoms with Gasteiger partial charge in [-0.05, 0) is 11.4 Å². The minimum Gasteiger partial charge on any atom is -0.369 e. The molecular weight excluding hydrogens is 212 g/mol. The van der Waals surface area contributed by atoms with Crippen LogP contribution in [0.2, 0.25) is 4.34 Å². The number of halogens is 1. The van der Waals surface area contributed by atoms with Crippen molar-refractivity contribution in [2.24, 2.45) is 5.73 Å². The number of rotatable bonds is 3. The van der Waals surface area contributed by atoms with Crippen molar-refractivity contribution in [2.75, 3.05) is 5.32 Å². The summed E-state index contributed by atoms with van der Waals surface area (Å²) in [7, 11) is 0. The summed E-state index contributed by atoms with van der Waals surface area (Å²) in [5.74, 6) is -1.11. The number of thiophene rings is 1. The van der Waals surface area contributed by atoms with E-state index in [1.807, 2.05) is 0 Å². The molecule has 6 heteroatoms. The molecule has 0 aliphatic heterocycles. The third kappa shape index (κ3) is 3.04. The molecule has 0 spiro atoms. The van der Waals surface area contributed by atoms with Gasteiger partial charge >= 0.3 is 0 Å². The van der Waals surface area contributed by atoms with E-state index in [-0.39, 0.29) is 6.42 Å². The largest absolute Gasteiger partial charge is 0.369 e. The fourth-order valence-corrected chi connectivity index (χ4v) is 1.57. The van der Waals surface area contributed by atoms with E-state index < -0.39 is 11.8 Å². The van der Waals surface area contributed by atoms with Gasteiger partial charge in [0, 0.05) is 0 Å². The molecule has 1 aromatic heterocycles. The molecule has 0 aliphatic rings. The second kappa shape index (κ2) is 4.25. The maximum Gasteiger partial charge on any atom is 0.233 e. The molecule has 0 fully saturated rings. The van der Waals surface area contributed by atoms with E-state index in [2.05, 4.69) is 5.32 Å². The summed E-state index contributed by atoms with van der Waals surface area (Å²) in [5.41, 5.74) is 5.34. The highest BCUT2D eigenvalue weighted by atomic mass is 35.5. The quantitative estimate of drug-likeness (QED) is 0.749. The average Bonchev–Trinajstić information content (AvgIpc) is 2.34. The third-order valence-electron chi connectivity index (χ3n) is 1.23. The predicted molar refractivity (Wildman–Crippen MR) is 51.8 cm³/mol. The molecule has 13 heavy (non-hydrogen) atoms. The van der Waals surface area contributed by atoms with Crippen LogP contribution >= 0.6 is 22.9 Å². The topological polar surface area (TPSA) is 72.2 Å². The van der Waals surface area contributed by atoms with Gasteiger partial charge in [0.2, 0.25) is 11.8 Å². The number of hydrogen-bond acceptors (Lipinski definition) is 3. The van der Waals surface area contributed by atoms with Crippen LogP contribution in [-0.4, -0.2) is 11.8 Å². The lowest BCUT2D eigenvalue weighted by Crippen LogP contribution is -2.21. The summed E-state index contributed by atoms with van der Waals surface area (Å²) in [4.78, 5) is 21.4. The average molecular weight is 219 g/mol. The number of amides is 2. The molecule has 0 saturated heterocycles. The van der Waals surface area contributed by atoms with Gasteiger partial charge in [-0.1, -0.05) is 11.6 Å². The van der Waals surface area contributed by atoms with Gasteiger partial charge in [0.05, 0.1) is 5.69 Å². The minimum atomic E-state index is -0.663. The Morgan fingerprint density at radius 1 is 1.62 bits per heavy atom. The summed E-state index contributed by atoms with van der Waals surface area (Å²) in [6.07, 6.45) is -0.327. The first-order valence-electron chi connectivity index (χ1n) is 3.40. The standard InChI is InChI=1S/C7H7ClN2O2S/c8-7-4(1-2-13-7)10-6(12)3-5(9)11/h1-2H,3H2,(H2,9,11)(H,10,12).